The first kappa shape index (κ1) is 30.9. The zero-order valence-electron chi connectivity index (χ0n) is 26.5. The highest BCUT2D eigenvalue weighted by atomic mass is 35.5. The lowest BCUT2D eigenvalue weighted by Crippen LogP contribution is -2.27. The second kappa shape index (κ2) is 13.5. The van der Waals surface area contributed by atoms with Gasteiger partial charge in [0.1, 0.15) is 0 Å². The molecule has 0 fully saturated rings. The van der Waals surface area contributed by atoms with Gasteiger partial charge in [-0.25, -0.2) is 0 Å². The van der Waals surface area contributed by atoms with E-state index in [4.69, 9.17) is 11.6 Å². The maximum absolute atomic E-state index is 6.41. The van der Waals surface area contributed by atoms with Crippen molar-refractivity contribution < 1.29 is 0 Å². The monoisotopic (exact) mass is 659 g/mol. The van der Waals surface area contributed by atoms with Crippen molar-refractivity contribution in [3.05, 3.63) is 154 Å². The molecule has 0 radical (unpaired) electrons. The fourth-order valence-corrected chi connectivity index (χ4v) is 9.08. The number of para-hydroxylation sites is 2. The molecule has 4 aromatic rings. The van der Waals surface area contributed by atoms with E-state index >= 15 is 0 Å². The van der Waals surface area contributed by atoms with Crippen LogP contribution in [0.15, 0.2) is 153 Å². The summed E-state index contributed by atoms with van der Waals surface area (Å²) in [7, 11) is 0. The molecule has 1 atom stereocenters. The second-order valence-electron chi connectivity index (χ2n) is 11.7. The molecule has 0 saturated carbocycles. The topological polar surface area (TPSA) is 9.72 Å². The lowest BCUT2D eigenvalue weighted by molar-refractivity contribution is 0.876. The Balaban J connectivity index is 1.31. The highest BCUT2D eigenvalue weighted by molar-refractivity contribution is 8.03. The van der Waals surface area contributed by atoms with Gasteiger partial charge < -0.3 is 14.7 Å². The van der Waals surface area contributed by atoms with E-state index in [0.717, 1.165) is 42.3 Å². The fourth-order valence-electron chi connectivity index (χ4n) is 6.56. The van der Waals surface area contributed by atoms with E-state index < -0.39 is 0 Å². The molecule has 0 spiro atoms. The highest BCUT2D eigenvalue weighted by Crippen LogP contribution is 2.48. The number of likely N-dealkylation sites (N-methyl/N-ethyl adjacent to an activating group) is 1. The van der Waals surface area contributed by atoms with Gasteiger partial charge in [0.15, 0.2) is 0 Å². The number of benzene rings is 4. The van der Waals surface area contributed by atoms with Gasteiger partial charge in [0, 0.05) is 39.3 Å². The number of fused-ring (bicyclic) bond motifs is 2. The summed E-state index contributed by atoms with van der Waals surface area (Å²) < 4.78 is 0. The highest BCUT2D eigenvalue weighted by Gasteiger charge is 2.30. The minimum absolute atomic E-state index is 0.222. The van der Waals surface area contributed by atoms with Gasteiger partial charge in [-0.05, 0) is 111 Å². The molecule has 0 saturated heterocycles. The maximum Gasteiger partial charge on any atom is 0.0985 e. The fraction of sp³-hybridized carbons (Fsp3) is 0.200. The average Bonchev–Trinajstić information content (AvgIpc) is 3.75. The molecule has 4 aromatic carbocycles. The predicted octanol–water partition coefficient (Wildman–Crippen LogP) is 11.7. The number of hydrogen-bond donors (Lipinski definition) is 0. The first-order valence-corrected chi connectivity index (χ1v) is 18.1. The van der Waals surface area contributed by atoms with Gasteiger partial charge in [0.2, 0.25) is 0 Å². The quantitative estimate of drug-likeness (QED) is 0.186. The maximum atomic E-state index is 6.41. The van der Waals surface area contributed by atoms with Crippen LogP contribution in [0, 0.1) is 6.92 Å². The van der Waals surface area contributed by atoms with Crippen LogP contribution in [0.5, 0.6) is 0 Å². The average molecular weight is 660 g/mol. The third kappa shape index (κ3) is 6.04. The SMILES string of the molecule is CCN1/C(=C\C=C2\CCC(/C=C/C3Sc4ccc(Cl)cc4N3CC)=C2N(c2ccccc2)c2ccccc2)Sc2ccc(C)cc21. The van der Waals surface area contributed by atoms with Crippen LogP contribution in [0.2, 0.25) is 5.02 Å². The molecule has 3 aliphatic rings. The molecule has 0 N–H and O–H groups in total. The Hall–Kier alpha value is -3.77. The lowest BCUT2D eigenvalue weighted by atomic mass is 10.1. The standard InChI is InChI=1S/C40H38ClN3S2/c1-4-42-34-26-28(3)16-22-36(34)45-38(42)24-19-29-17-18-30(20-25-39-43(5-2)35-27-31(41)21-23-37(35)46-39)40(29)44(32-12-8-6-9-13-32)33-14-10-7-11-15-33/h6-16,19-27,39H,4-5,17-18H2,1-3H3/b25-20+,29-19-,38-24+. The van der Waals surface area contributed by atoms with E-state index in [1.54, 1.807) is 0 Å². The molecule has 2 aliphatic heterocycles. The van der Waals surface area contributed by atoms with Gasteiger partial charge in [-0.1, -0.05) is 95.8 Å². The third-order valence-electron chi connectivity index (χ3n) is 8.74. The minimum atomic E-state index is 0.222. The first-order valence-electron chi connectivity index (χ1n) is 16.1. The van der Waals surface area contributed by atoms with Crippen LogP contribution in [0.3, 0.4) is 0 Å². The Labute approximate surface area is 286 Å². The molecule has 6 heteroatoms. The van der Waals surface area contributed by atoms with Gasteiger partial charge in [0.05, 0.1) is 27.5 Å². The number of hydrogen-bond acceptors (Lipinski definition) is 5. The van der Waals surface area contributed by atoms with Crippen molar-refractivity contribution in [1.29, 1.82) is 0 Å². The molecule has 1 unspecified atom stereocenters. The molecule has 232 valence electrons. The van der Waals surface area contributed by atoms with Crippen molar-refractivity contribution in [2.45, 2.75) is 48.8 Å². The summed E-state index contributed by atoms with van der Waals surface area (Å²) in [5.41, 5.74) is 10.1. The molecular formula is C40H38ClN3S2. The van der Waals surface area contributed by atoms with Crippen molar-refractivity contribution in [2.75, 3.05) is 27.8 Å². The Kier molecular flexibility index (Phi) is 9.08. The summed E-state index contributed by atoms with van der Waals surface area (Å²) in [6, 6.07) is 34.6. The largest absolute Gasteiger partial charge is 0.355 e. The Bertz CT molecular complexity index is 1820. The molecule has 1 aliphatic carbocycles. The van der Waals surface area contributed by atoms with E-state index in [1.807, 2.05) is 29.6 Å². The van der Waals surface area contributed by atoms with Gasteiger partial charge in [0.25, 0.3) is 0 Å². The number of allylic oxidation sites excluding steroid dienone is 5. The zero-order valence-corrected chi connectivity index (χ0v) is 28.9. The molecule has 46 heavy (non-hydrogen) atoms. The van der Waals surface area contributed by atoms with Gasteiger partial charge >= 0.3 is 0 Å². The molecule has 2 heterocycles. The van der Waals surface area contributed by atoms with Crippen LogP contribution in [-0.4, -0.2) is 18.5 Å². The van der Waals surface area contributed by atoms with Crippen molar-refractivity contribution >= 4 is 57.9 Å². The summed E-state index contributed by atoms with van der Waals surface area (Å²) in [5.74, 6) is 0. The summed E-state index contributed by atoms with van der Waals surface area (Å²) in [6.07, 6.45) is 11.5. The number of halogens is 1. The van der Waals surface area contributed by atoms with Gasteiger partial charge in [-0.3, -0.25) is 0 Å². The van der Waals surface area contributed by atoms with Crippen LogP contribution in [0.25, 0.3) is 0 Å². The van der Waals surface area contributed by atoms with E-state index in [0.29, 0.717) is 0 Å². The van der Waals surface area contributed by atoms with Crippen LogP contribution in [0.4, 0.5) is 22.7 Å². The zero-order chi connectivity index (χ0) is 31.6. The van der Waals surface area contributed by atoms with Crippen LogP contribution >= 0.6 is 35.1 Å². The summed E-state index contributed by atoms with van der Waals surface area (Å²) >= 11 is 10.2. The molecule has 3 nitrogen and oxygen atoms in total. The molecular weight excluding hydrogens is 622 g/mol. The van der Waals surface area contributed by atoms with Crippen LogP contribution in [0.1, 0.15) is 32.3 Å². The van der Waals surface area contributed by atoms with E-state index in [1.165, 1.54) is 48.6 Å². The van der Waals surface area contributed by atoms with Crippen LogP contribution in [-0.2, 0) is 0 Å². The Morgan fingerprint density at radius 3 is 2.22 bits per heavy atom. The summed E-state index contributed by atoms with van der Waals surface area (Å²) in [4.78, 5) is 9.95. The number of nitrogens with zero attached hydrogens (tertiary/aromatic N) is 3. The molecule has 0 aromatic heterocycles. The van der Waals surface area contributed by atoms with Crippen molar-refractivity contribution in [2.24, 2.45) is 0 Å². The number of anilines is 4. The number of aryl methyl sites for hydroxylation is 1. The smallest absolute Gasteiger partial charge is 0.0985 e. The van der Waals surface area contributed by atoms with Gasteiger partial charge in [-0.2, -0.15) is 0 Å². The Morgan fingerprint density at radius 1 is 0.804 bits per heavy atom. The van der Waals surface area contributed by atoms with Gasteiger partial charge in [-0.15, -0.1) is 0 Å². The van der Waals surface area contributed by atoms with Crippen molar-refractivity contribution in [1.82, 2.24) is 0 Å². The van der Waals surface area contributed by atoms with Crippen molar-refractivity contribution in [3.8, 4) is 0 Å². The molecule has 0 bridgehead atoms. The summed E-state index contributed by atoms with van der Waals surface area (Å²) in [6.45, 7) is 8.50. The van der Waals surface area contributed by atoms with E-state index in [-0.39, 0.29) is 5.37 Å². The second-order valence-corrected chi connectivity index (χ2v) is 14.3. The normalized spacial score (nSPS) is 19.2. The number of thioether (sulfide) groups is 2. The van der Waals surface area contributed by atoms with E-state index in [2.05, 4.69) is 151 Å². The summed E-state index contributed by atoms with van der Waals surface area (Å²) in [5, 5.41) is 2.29. The third-order valence-corrected chi connectivity index (χ3v) is 11.4. The van der Waals surface area contributed by atoms with E-state index in [9.17, 15) is 0 Å². The van der Waals surface area contributed by atoms with Crippen LogP contribution < -0.4 is 14.7 Å². The van der Waals surface area contributed by atoms with Crippen molar-refractivity contribution in [3.63, 3.8) is 0 Å². The molecule has 0 amide bonds. The Morgan fingerprint density at radius 2 is 1.52 bits per heavy atom. The lowest BCUT2D eigenvalue weighted by Gasteiger charge is -2.29. The molecule has 7 rings (SSSR count). The number of rotatable bonds is 8. The first-order chi connectivity index (χ1) is 22.5. The predicted molar refractivity (Wildman–Crippen MR) is 201 cm³/mol. The minimum Gasteiger partial charge on any atom is -0.355 e.